The lowest BCUT2D eigenvalue weighted by Gasteiger charge is -2.28. The first-order valence-electron chi connectivity index (χ1n) is 7.41. The lowest BCUT2D eigenvalue weighted by Crippen LogP contribution is -2.36. The molecule has 2 amide bonds. The van der Waals surface area contributed by atoms with Crippen molar-refractivity contribution in [3.63, 3.8) is 0 Å². The molecule has 2 unspecified atom stereocenters. The average molecular weight is 269 g/mol. The summed E-state index contributed by atoms with van der Waals surface area (Å²) in [5.74, 6) is 0.802. The zero-order chi connectivity index (χ0) is 14.1. The molecule has 5 nitrogen and oxygen atoms in total. The van der Waals surface area contributed by atoms with Gasteiger partial charge in [-0.1, -0.05) is 12.8 Å². The Morgan fingerprint density at radius 1 is 1.26 bits per heavy atom. The first-order chi connectivity index (χ1) is 9.17. The molecule has 0 spiro atoms. The van der Waals surface area contributed by atoms with Crippen molar-refractivity contribution in [3.05, 3.63) is 0 Å². The molecule has 1 saturated carbocycles. The number of hydrogen-bond acceptors (Lipinski definition) is 3. The van der Waals surface area contributed by atoms with Crippen LogP contribution in [0.4, 0.5) is 0 Å². The topological polar surface area (TPSA) is 84.2 Å². The van der Waals surface area contributed by atoms with Crippen LogP contribution in [0, 0.1) is 11.8 Å². The van der Waals surface area contributed by atoms with Crippen LogP contribution in [0.5, 0.6) is 0 Å². The Morgan fingerprint density at radius 2 is 2.05 bits per heavy atom. The van der Waals surface area contributed by atoms with E-state index in [1.165, 1.54) is 6.42 Å². The predicted octanol–water partition coefficient (Wildman–Crippen LogP) is 0.784. The largest absolute Gasteiger partial charge is 0.356 e. The molecule has 4 N–H and O–H groups in total. The second-order valence-electron chi connectivity index (χ2n) is 5.30. The van der Waals surface area contributed by atoms with Crippen LogP contribution < -0.4 is 16.4 Å². The zero-order valence-corrected chi connectivity index (χ0v) is 11.9. The number of carbonyl (C=O) groups is 2. The monoisotopic (exact) mass is 269 g/mol. The van der Waals surface area contributed by atoms with Gasteiger partial charge in [-0.3, -0.25) is 9.59 Å². The van der Waals surface area contributed by atoms with Gasteiger partial charge < -0.3 is 16.4 Å². The maximum Gasteiger partial charge on any atom is 0.223 e. The summed E-state index contributed by atoms with van der Waals surface area (Å²) in [6.45, 7) is 3.66. The fourth-order valence-corrected chi connectivity index (χ4v) is 2.76. The highest BCUT2D eigenvalue weighted by Crippen LogP contribution is 2.30. The summed E-state index contributed by atoms with van der Waals surface area (Å²) in [4.78, 5) is 23.3. The maximum atomic E-state index is 12.0. The van der Waals surface area contributed by atoms with Crippen LogP contribution in [0.25, 0.3) is 0 Å². The van der Waals surface area contributed by atoms with E-state index in [9.17, 15) is 9.59 Å². The van der Waals surface area contributed by atoms with E-state index in [1.807, 2.05) is 6.92 Å². The number of nitrogens with two attached hydrogens (primary N) is 1. The van der Waals surface area contributed by atoms with Gasteiger partial charge >= 0.3 is 0 Å². The number of hydrogen-bond donors (Lipinski definition) is 3. The summed E-state index contributed by atoms with van der Waals surface area (Å²) < 4.78 is 0. The second kappa shape index (κ2) is 8.91. The van der Waals surface area contributed by atoms with E-state index in [0.29, 0.717) is 32.0 Å². The molecule has 1 fully saturated rings. The van der Waals surface area contributed by atoms with E-state index in [2.05, 4.69) is 10.6 Å². The minimum Gasteiger partial charge on any atom is -0.356 e. The van der Waals surface area contributed by atoms with Gasteiger partial charge in [-0.25, -0.2) is 0 Å². The van der Waals surface area contributed by atoms with Gasteiger partial charge in [0.05, 0.1) is 0 Å². The van der Waals surface area contributed by atoms with Gasteiger partial charge in [0.25, 0.3) is 0 Å². The van der Waals surface area contributed by atoms with E-state index < -0.39 is 0 Å². The van der Waals surface area contributed by atoms with Crippen LogP contribution in [-0.2, 0) is 9.59 Å². The molecule has 1 aliphatic carbocycles. The van der Waals surface area contributed by atoms with Crippen molar-refractivity contribution >= 4 is 11.8 Å². The number of nitrogens with one attached hydrogen (secondary N) is 2. The van der Waals surface area contributed by atoms with E-state index >= 15 is 0 Å². The third-order valence-electron chi connectivity index (χ3n) is 3.75. The van der Waals surface area contributed by atoms with Gasteiger partial charge in [-0.05, 0) is 38.6 Å². The van der Waals surface area contributed by atoms with Gasteiger partial charge in [-0.15, -0.1) is 0 Å². The van der Waals surface area contributed by atoms with Gasteiger partial charge in [0.2, 0.25) is 11.8 Å². The first-order valence-corrected chi connectivity index (χ1v) is 7.41. The van der Waals surface area contributed by atoms with E-state index in [0.717, 1.165) is 25.7 Å². The normalized spacial score (nSPS) is 22.8. The van der Waals surface area contributed by atoms with Crippen molar-refractivity contribution in [1.29, 1.82) is 0 Å². The molecule has 19 heavy (non-hydrogen) atoms. The van der Waals surface area contributed by atoms with Crippen molar-refractivity contribution in [2.45, 2.75) is 45.4 Å². The molecule has 0 saturated heterocycles. The molecule has 2 atom stereocenters. The van der Waals surface area contributed by atoms with Crippen molar-refractivity contribution in [2.75, 3.05) is 19.6 Å². The molecule has 0 heterocycles. The van der Waals surface area contributed by atoms with Gasteiger partial charge in [0.15, 0.2) is 0 Å². The minimum absolute atomic E-state index is 0.00699. The summed E-state index contributed by atoms with van der Waals surface area (Å²) in [5.41, 5.74) is 5.58. The predicted molar refractivity (Wildman–Crippen MR) is 75.4 cm³/mol. The van der Waals surface area contributed by atoms with E-state index in [1.54, 1.807) is 0 Å². The quantitative estimate of drug-likeness (QED) is 0.638. The van der Waals surface area contributed by atoms with Crippen LogP contribution in [0.2, 0.25) is 0 Å². The second-order valence-corrected chi connectivity index (χ2v) is 5.30. The smallest absolute Gasteiger partial charge is 0.223 e. The summed E-state index contributed by atoms with van der Waals surface area (Å²) >= 11 is 0. The van der Waals surface area contributed by atoms with E-state index in [4.69, 9.17) is 5.73 Å². The molecule has 0 bridgehead atoms. The molecule has 0 aromatic carbocycles. The molecule has 0 aliphatic heterocycles. The standard InChI is InChI=1S/C14H27N3O2/c1-2-16-13(18)7-9-17-14(19)12-5-3-4-11(10-12)6-8-15/h11-12H,2-10,15H2,1H3,(H,16,18)(H,17,19). The number of carbonyl (C=O) groups excluding carboxylic acids is 2. The van der Waals surface area contributed by atoms with Crippen LogP contribution in [-0.4, -0.2) is 31.4 Å². The summed E-state index contributed by atoms with van der Waals surface area (Å²) in [7, 11) is 0. The third-order valence-corrected chi connectivity index (χ3v) is 3.75. The van der Waals surface area contributed by atoms with Gasteiger partial charge in [0.1, 0.15) is 0 Å². The molecule has 0 aromatic rings. The van der Waals surface area contributed by atoms with E-state index in [-0.39, 0.29) is 17.7 Å². The molecule has 0 aromatic heterocycles. The highest BCUT2D eigenvalue weighted by Gasteiger charge is 2.26. The fourth-order valence-electron chi connectivity index (χ4n) is 2.76. The lowest BCUT2D eigenvalue weighted by atomic mass is 9.79. The Kier molecular flexibility index (Phi) is 7.48. The molecule has 5 heteroatoms. The first kappa shape index (κ1) is 16.0. The average Bonchev–Trinajstić information content (AvgIpc) is 2.39. The summed E-state index contributed by atoms with van der Waals surface area (Å²) in [5, 5.41) is 5.59. The molecule has 1 aliphatic rings. The Bertz CT molecular complexity index is 292. The van der Waals surface area contributed by atoms with Crippen LogP contribution in [0.1, 0.15) is 45.4 Å². The lowest BCUT2D eigenvalue weighted by molar-refractivity contribution is -0.126. The molecule has 0 radical (unpaired) electrons. The van der Waals surface area contributed by atoms with Crippen molar-refractivity contribution < 1.29 is 9.59 Å². The van der Waals surface area contributed by atoms with Crippen molar-refractivity contribution in [3.8, 4) is 0 Å². The summed E-state index contributed by atoms with van der Waals surface area (Å²) in [6, 6.07) is 0. The zero-order valence-electron chi connectivity index (χ0n) is 11.9. The fraction of sp³-hybridized carbons (Fsp3) is 0.857. The summed E-state index contributed by atoms with van der Waals surface area (Å²) in [6.07, 6.45) is 5.60. The number of amides is 2. The molecule has 110 valence electrons. The molecular formula is C14H27N3O2. The maximum absolute atomic E-state index is 12.0. The van der Waals surface area contributed by atoms with Gasteiger partial charge in [0, 0.05) is 25.4 Å². The third kappa shape index (κ3) is 6.05. The van der Waals surface area contributed by atoms with Crippen LogP contribution >= 0.6 is 0 Å². The van der Waals surface area contributed by atoms with Crippen molar-refractivity contribution in [1.82, 2.24) is 10.6 Å². The van der Waals surface area contributed by atoms with Gasteiger partial charge in [-0.2, -0.15) is 0 Å². The number of rotatable bonds is 7. The van der Waals surface area contributed by atoms with Crippen LogP contribution in [0.15, 0.2) is 0 Å². The highest BCUT2D eigenvalue weighted by molar-refractivity contribution is 5.80. The van der Waals surface area contributed by atoms with Crippen LogP contribution in [0.3, 0.4) is 0 Å². The minimum atomic E-state index is -0.00699. The SMILES string of the molecule is CCNC(=O)CCNC(=O)C1CCCC(CCN)C1. The molecule has 1 rings (SSSR count). The molecular weight excluding hydrogens is 242 g/mol. The Labute approximate surface area is 115 Å². The Balaban J connectivity index is 2.23. The highest BCUT2D eigenvalue weighted by atomic mass is 16.2. The van der Waals surface area contributed by atoms with Crippen molar-refractivity contribution in [2.24, 2.45) is 17.6 Å². The Hall–Kier alpha value is -1.10. The Morgan fingerprint density at radius 3 is 2.74 bits per heavy atom.